The summed E-state index contributed by atoms with van der Waals surface area (Å²) in [6, 6.07) is -0.168. The third kappa shape index (κ3) is 15.6. The number of amides is 4. The van der Waals surface area contributed by atoms with E-state index in [-0.39, 0.29) is 50.5 Å². The number of carboxylic acids is 1. The standard InChI is InChI=1S/C30H52N10O7S/c1-30(2,48)23(40-24(42)19(33)6-3-4-13-31)27(45)38-21(12-14-32)26(44)37-20(7-5-15-36-29(34)35)25(43)39-22(28(46)47)16-17-8-10-18(41)11-9-17/h8-11,19-23,41,48H,3-7,12-16,31-33H2,1-2H3,(H,37,44)(H,38,45)(H,39,43)(H,40,42)(H,46,47)(H4,34,35,36)/t19-,20-,21-,22-,23+/m0/s1. The van der Waals surface area contributed by atoms with Crippen LogP contribution in [0.2, 0.25) is 0 Å². The average molecular weight is 697 g/mol. The Bertz CT molecular complexity index is 1240. The lowest BCUT2D eigenvalue weighted by Crippen LogP contribution is -2.62. The number of aliphatic carboxylic acids is 1. The van der Waals surface area contributed by atoms with E-state index in [0.29, 0.717) is 31.4 Å². The van der Waals surface area contributed by atoms with E-state index in [1.54, 1.807) is 13.8 Å². The molecule has 0 bridgehead atoms. The molecule has 16 N–H and O–H groups in total. The largest absolute Gasteiger partial charge is 0.508 e. The first-order valence-electron chi connectivity index (χ1n) is 15.7. The Morgan fingerprint density at radius 1 is 0.792 bits per heavy atom. The van der Waals surface area contributed by atoms with Gasteiger partial charge in [-0.3, -0.25) is 24.2 Å². The molecule has 0 aromatic heterocycles. The molecule has 18 heteroatoms. The predicted molar refractivity (Wildman–Crippen MR) is 185 cm³/mol. The number of carbonyl (C=O) groups excluding carboxylic acids is 4. The summed E-state index contributed by atoms with van der Waals surface area (Å²) in [7, 11) is 0. The molecule has 0 fully saturated rings. The van der Waals surface area contributed by atoms with Crippen molar-refractivity contribution in [1.82, 2.24) is 21.3 Å². The number of nitrogens with two attached hydrogens (primary N) is 5. The lowest BCUT2D eigenvalue weighted by Gasteiger charge is -2.32. The van der Waals surface area contributed by atoms with E-state index in [1.807, 2.05) is 0 Å². The quantitative estimate of drug-likeness (QED) is 0.0260. The van der Waals surface area contributed by atoms with Gasteiger partial charge in [-0.25, -0.2) is 4.79 Å². The molecular weight excluding hydrogens is 644 g/mol. The number of rotatable bonds is 22. The lowest BCUT2D eigenvalue weighted by atomic mass is 10.00. The number of guanidine groups is 1. The van der Waals surface area contributed by atoms with Gasteiger partial charge in [0.1, 0.15) is 29.9 Å². The van der Waals surface area contributed by atoms with Gasteiger partial charge in [0.25, 0.3) is 0 Å². The Hall–Kier alpha value is -4.13. The molecule has 1 aromatic rings. The highest BCUT2D eigenvalue weighted by Gasteiger charge is 2.37. The van der Waals surface area contributed by atoms with Crippen LogP contribution >= 0.6 is 12.6 Å². The minimum Gasteiger partial charge on any atom is -0.508 e. The van der Waals surface area contributed by atoms with Crippen LogP contribution in [0.3, 0.4) is 0 Å². The zero-order valence-corrected chi connectivity index (χ0v) is 28.4. The Morgan fingerprint density at radius 2 is 1.35 bits per heavy atom. The van der Waals surface area contributed by atoms with Gasteiger partial charge in [0, 0.05) is 17.7 Å². The molecule has 0 unspecified atom stereocenters. The van der Waals surface area contributed by atoms with E-state index in [4.69, 9.17) is 28.7 Å². The molecule has 0 radical (unpaired) electrons. The van der Waals surface area contributed by atoms with Crippen LogP contribution in [-0.4, -0.2) is 100 Å². The van der Waals surface area contributed by atoms with Gasteiger partial charge in [-0.2, -0.15) is 12.6 Å². The summed E-state index contributed by atoms with van der Waals surface area (Å²) in [4.78, 5) is 69.0. The second-order valence-corrected chi connectivity index (χ2v) is 13.1. The summed E-state index contributed by atoms with van der Waals surface area (Å²) in [5, 5.41) is 29.6. The highest BCUT2D eigenvalue weighted by atomic mass is 32.1. The number of aromatic hydroxyl groups is 1. The van der Waals surface area contributed by atoms with Gasteiger partial charge in [0.05, 0.1) is 6.04 Å². The van der Waals surface area contributed by atoms with Crippen LogP contribution in [0.4, 0.5) is 0 Å². The molecule has 0 heterocycles. The van der Waals surface area contributed by atoms with Gasteiger partial charge in [0.15, 0.2) is 5.96 Å². The molecule has 0 spiro atoms. The average Bonchev–Trinajstić information content (AvgIpc) is 3.00. The van der Waals surface area contributed by atoms with Crippen molar-refractivity contribution in [2.75, 3.05) is 19.6 Å². The number of aliphatic imine (C=N–C) groups is 1. The van der Waals surface area contributed by atoms with Crippen LogP contribution in [0.15, 0.2) is 29.3 Å². The second kappa shape index (κ2) is 21.0. The number of phenolic OH excluding ortho intramolecular Hbond substituents is 1. The van der Waals surface area contributed by atoms with Crippen molar-refractivity contribution in [2.45, 2.75) is 93.7 Å². The molecule has 1 rings (SSSR count). The second-order valence-electron chi connectivity index (χ2n) is 11.9. The highest BCUT2D eigenvalue weighted by Crippen LogP contribution is 2.19. The summed E-state index contributed by atoms with van der Waals surface area (Å²) < 4.78 is -1.09. The van der Waals surface area contributed by atoms with Crippen LogP contribution in [0.5, 0.6) is 5.75 Å². The van der Waals surface area contributed by atoms with Gasteiger partial charge in [-0.15, -0.1) is 0 Å². The Labute approximate surface area is 286 Å². The maximum atomic E-state index is 13.5. The number of nitrogens with one attached hydrogen (secondary N) is 4. The molecule has 0 saturated heterocycles. The fraction of sp³-hybridized carbons (Fsp3) is 0.600. The zero-order valence-electron chi connectivity index (χ0n) is 27.5. The maximum absolute atomic E-state index is 13.5. The van der Waals surface area contributed by atoms with Gasteiger partial charge in [-0.05, 0) is 76.7 Å². The maximum Gasteiger partial charge on any atom is 0.326 e. The molecular formula is C30H52N10O7S. The van der Waals surface area contributed by atoms with E-state index in [1.165, 1.54) is 24.3 Å². The minimum absolute atomic E-state index is 0.00753. The topological polar surface area (TPSA) is 316 Å². The number of hydrogen-bond acceptors (Lipinski definition) is 11. The third-order valence-corrected chi connectivity index (χ3v) is 7.48. The highest BCUT2D eigenvalue weighted by molar-refractivity contribution is 7.81. The Balaban J connectivity index is 3.16. The van der Waals surface area contributed by atoms with Crippen molar-refractivity contribution in [2.24, 2.45) is 33.7 Å². The summed E-state index contributed by atoms with van der Waals surface area (Å²) in [6.07, 6.45) is 1.75. The summed E-state index contributed by atoms with van der Waals surface area (Å²) in [6.45, 7) is 3.75. The van der Waals surface area contributed by atoms with E-state index >= 15 is 0 Å². The molecule has 48 heavy (non-hydrogen) atoms. The summed E-state index contributed by atoms with van der Waals surface area (Å²) >= 11 is 4.48. The van der Waals surface area contributed by atoms with Crippen molar-refractivity contribution < 1.29 is 34.2 Å². The molecule has 0 aliphatic carbocycles. The number of phenols is 1. The number of hydrogen-bond donors (Lipinski definition) is 12. The van der Waals surface area contributed by atoms with Gasteiger partial charge >= 0.3 is 5.97 Å². The van der Waals surface area contributed by atoms with Crippen LogP contribution in [0.25, 0.3) is 0 Å². The smallest absolute Gasteiger partial charge is 0.326 e. The lowest BCUT2D eigenvalue weighted by molar-refractivity contribution is -0.142. The SMILES string of the molecule is CC(C)(S)[C@H](NC(=O)[C@@H](N)CCCCN)C(=O)N[C@@H](CCN)C(=O)N[C@@H](CCCN=C(N)N)C(=O)N[C@@H](Cc1ccc(O)cc1)C(=O)O. The van der Waals surface area contributed by atoms with Crippen molar-refractivity contribution in [3.63, 3.8) is 0 Å². The number of nitrogens with zero attached hydrogens (tertiary/aromatic N) is 1. The first-order chi connectivity index (χ1) is 22.5. The number of carboxylic acid groups (broad SMARTS) is 1. The zero-order chi connectivity index (χ0) is 36.4. The first kappa shape index (κ1) is 41.9. The molecule has 0 aliphatic heterocycles. The monoisotopic (exact) mass is 696 g/mol. The number of thiol groups is 1. The van der Waals surface area contributed by atoms with Gasteiger partial charge < -0.3 is 60.1 Å². The van der Waals surface area contributed by atoms with Gasteiger partial charge in [-0.1, -0.05) is 18.6 Å². The Morgan fingerprint density at radius 3 is 1.88 bits per heavy atom. The summed E-state index contributed by atoms with van der Waals surface area (Å²) in [5.41, 5.74) is 28.5. The third-order valence-electron chi connectivity index (χ3n) is 7.22. The number of unbranched alkanes of at least 4 members (excludes halogenated alkanes) is 1. The van der Waals surface area contributed by atoms with Crippen molar-refractivity contribution >= 4 is 48.2 Å². The number of benzene rings is 1. The molecule has 5 atom stereocenters. The van der Waals surface area contributed by atoms with E-state index in [9.17, 15) is 34.2 Å². The Kier molecular flexibility index (Phi) is 18.3. The predicted octanol–water partition coefficient (Wildman–Crippen LogP) is -2.47. The van der Waals surface area contributed by atoms with Crippen LogP contribution in [0.1, 0.15) is 57.9 Å². The van der Waals surface area contributed by atoms with Crippen molar-refractivity contribution in [1.29, 1.82) is 0 Å². The molecule has 1 aromatic carbocycles. The minimum atomic E-state index is -1.37. The van der Waals surface area contributed by atoms with E-state index < -0.39 is 64.6 Å². The summed E-state index contributed by atoms with van der Waals surface area (Å²) in [5.74, 6) is -4.39. The van der Waals surface area contributed by atoms with E-state index in [0.717, 1.165) is 0 Å². The molecule has 4 amide bonds. The van der Waals surface area contributed by atoms with Gasteiger partial charge in [0.2, 0.25) is 23.6 Å². The van der Waals surface area contributed by atoms with Crippen LogP contribution in [-0.2, 0) is 30.4 Å². The number of carbonyl (C=O) groups is 5. The molecule has 270 valence electrons. The first-order valence-corrected chi connectivity index (χ1v) is 16.1. The fourth-order valence-electron chi connectivity index (χ4n) is 4.53. The normalized spacial score (nSPS) is 14.4. The molecule has 0 saturated carbocycles. The van der Waals surface area contributed by atoms with Crippen LogP contribution < -0.4 is 49.9 Å². The molecule has 0 aliphatic rings. The molecule has 17 nitrogen and oxygen atoms in total. The fourth-order valence-corrected chi connectivity index (χ4v) is 4.71. The van der Waals surface area contributed by atoms with Crippen LogP contribution in [0, 0.1) is 0 Å². The van der Waals surface area contributed by atoms with Crippen molar-refractivity contribution in [3.8, 4) is 5.75 Å². The van der Waals surface area contributed by atoms with Crippen molar-refractivity contribution in [3.05, 3.63) is 29.8 Å². The van der Waals surface area contributed by atoms with E-state index in [2.05, 4.69) is 38.9 Å².